The lowest BCUT2D eigenvalue weighted by Gasteiger charge is -2.35. The second kappa shape index (κ2) is 9.14. The van der Waals surface area contributed by atoms with Gasteiger partial charge in [-0.05, 0) is 11.4 Å². The van der Waals surface area contributed by atoms with E-state index >= 15 is 0 Å². The maximum Gasteiger partial charge on any atom is 0.200 e. The van der Waals surface area contributed by atoms with E-state index in [9.17, 15) is 22.0 Å². The van der Waals surface area contributed by atoms with Crippen LogP contribution in [-0.4, -0.2) is 31.1 Å². The lowest BCUT2D eigenvalue weighted by molar-refractivity contribution is 0.190. The summed E-state index contributed by atoms with van der Waals surface area (Å²) in [6, 6.07) is 2.32. The molecule has 0 amide bonds. The third kappa shape index (κ3) is 4.09. The first kappa shape index (κ1) is 22.1. The quantitative estimate of drug-likeness (QED) is 0.452. The minimum atomic E-state index is -2.13. The van der Waals surface area contributed by atoms with E-state index in [4.69, 9.17) is 0 Å². The van der Waals surface area contributed by atoms with Crippen molar-refractivity contribution < 1.29 is 22.0 Å². The zero-order valence-electron chi connectivity index (χ0n) is 12.7. The summed E-state index contributed by atoms with van der Waals surface area (Å²) < 4.78 is 68.9. The molecule has 0 bridgehead atoms. The smallest absolute Gasteiger partial charge is 0.200 e. The van der Waals surface area contributed by atoms with Crippen LogP contribution < -0.4 is 5.32 Å². The Labute approximate surface area is 157 Å². The van der Waals surface area contributed by atoms with Crippen molar-refractivity contribution in [3.63, 3.8) is 0 Å². The normalized spacial score (nSPS) is 16.0. The van der Waals surface area contributed by atoms with Crippen LogP contribution in [0.25, 0.3) is 0 Å². The molecule has 2 nitrogen and oxygen atoms in total. The minimum Gasteiger partial charge on any atom is -0.314 e. The van der Waals surface area contributed by atoms with Crippen LogP contribution in [0.3, 0.4) is 0 Å². The summed E-state index contributed by atoms with van der Waals surface area (Å²) in [6.45, 7) is 2.05. The van der Waals surface area contributed by atoms with Crippen molar-refractivity contribution in [1.82, 2.24) is 10.2 Å². The van der Waals surface area contributed by atoms with Gasteiger partial charge in [0.25, 0.3) is 0 Å². The zero-order valence-corrected chi connectivity index (χ0v) is 15.1. The van der Waals surface area contributed by atoms with Crippen LogP contribution in [0.15, 0.2) is 17.5 Å². The number of piperazine rings is 1. The molecule has 1 atom stereocenters. The molecule has 0 spiro atoms. The summed E-state index contributed by atoms with van der Waals surface area (Å²) >= 11 is 1.22. The molecular formula is C15H15Cl2F5N2S. The molecule has 1 aromatic carbocycles. The number of nitrogens with zero attached hydrogens (tertiary/aromatic N) is 1. The van der Waals surface area contributed by atoms with Gasteiger partial charge in [0, 0.05) is 31.1 Å². The van der Waals surface area contributed by atoms with Crippen LogP contribution in [0.2, 0.25) is 0 Å². The molecule has 140 valence electrons. The van der Waals surface area contributed by atoms with Gasteiger partial charge in [-0.25, -0.2) is 22.0 Å². The van der Waals surface area contributed by atoms with Gasteiger partial charge >= 0.3 is 0 Å². The Hall–Kier alpha value is -0.930. The fourth-order valence-electron chi connectivity index (χ4n) is 2.75. The Morgan fingerprint density at radius 3 is 1.88 bits per heavy atom. The molecule has 1 aliphatic rings. The van der Waals surface area contributed by atoms with Gasteiger partial charge in [0.15, 0.2) is 23.3 Å². The van der Waals surface area contributed by atoms with Gasteiger partial charge in [-0.2, -0.15) is 0 Å². The molecule has 3 rings (SSSR count). The summed E-state index contributed by atoms with van der Waals surface area (Å²) in [7, 11) is 0. The average molecular weight is 421 g/mol. The number of benzene rings is 1. The third-order valence-electron chi connectivity index (χ3n) is 3.85. The third-order valence-corrected chi connectivity index (χ3v) is 4.77. The predicted molar refractivity (Wildman–Crippen MR) is 91.3 cm³/mol. The first-order chi connectivity index (χ1) is 11.0. The van der Waals surface area contributed by atoms with Gasteiger partial charge in [-0.3, -0.25) is 4.90 Å². The fraction of sp³-hybridized carbons (Fsp3) is 0.333. The number of thiophene rings is 1. The highest BCUT2D eigenvalue weighted by Crippen LogP contribution is 2.37. The van der Waals surface area contributed by atoms with Gasteiger partial charge in [0.05, 0.1) is 11.6 Å². The van der Waals surface area contributed by atoms with E-state index in [1.807, 2.05) is 0 Å². The Bertz CT molecular complexity index is 679. The summed E-state index contributed by atoms with van der Waals surface area (Å²) in [6.07, 6.45) is 0. The lowest BCUT2D eigenvalue weighted by Crippen LogP contribution is -2.45. The minimum absolute atomic E-state index is 0. The van der Waals surface area contributed by atoms with Crippen molar-refractivity contribution in [2.45, 2.75) is 6.04 Å². The topological polar surface area (TPSA) is 15.3 Å². The summed E-state index contributed by atoms with van der Waals surface area (Å²) in [4.78, 5) is 2.26. The number of nitrogens with one attached hydrogen (secondary N) is 1. The van der Waals surface area contributed by atoms with E-state index in [0.717, 1.165) is 0 Å². The Morgan fingerprint density at radius 2 is 1.40 bits per heavy atom. The second-order valence-electron chi connectivity index (χ2n) is 5.19. The molecule has 1 fully saturated rings. The molecule has 1 saturated heterocycles. The number of halogens is 7. The zero-order chi connectivity index (χ0) is 16.6. The monoisotopic (exact) mass is 420 g/mol. The van der Waals surface area contributed by atoms with E-state index in [-0.39, 0.29) is 24.8 Å². The van der Waals surface area contributed by atoms with E-state index < -0.39 is 40.7 Å². The van der Waals surface area contributed by atoms with Gasteiger partial charge < -0.3 is 5.32 Å². The van der Waals surface area contributed by atoms with Crippen LogP contribution in [0.1, 0.15) is 16.5 Å². The van der Waals surface area contributed by atoms with Crippen LogP contribution in [0.4, 0.5) is 22.0 Å². The molecule has 25 heavy (non-hydrogen) atoms. The molecule has 1 aliphatic heterocycles. The predicted octanol–water partition coefficient (Wildman–Crippen LogP) is 4.28. The molecule has 0 saturated carbocycles. The molecule has 0 radical (unpaired) electrons. The first-order valence-electron chi connectivity index (χ1n) is 7.02. The van der Waals surface area contributed by atoms with Crippen molar-refractivity contribution >= 4 is 36.2 Å². The van der Waals surface area contributed by atoms with Gasteiger partial charge in [-0.15, -0.1) is 36.2 Å². The van der Waals surface area contributed by atoms with Gasteiger partial charge in [-0.1, -0.05) is 6.07 Å². The Balaban J connectivity index is 0.00000156. The maximum absolute atomic E-state index is 14.2. The SMILES string of the molecule is Cl.Cl.Fc1c(F)c(F)c([C@@H](c2cccs2)N2CCNCC2)c(F)c1F. The molecule has 1 aromatic heterocycles. The molecule has 1 N–H and O–H groups in total. The van der Waals surface area contributed by atoms with Crippen molar-refractivity contribution in [2.24, 2.45) is 0 Å². The second-order valence-corrected chi connectivity index (χ2v) is 6.17. The van der Waals surface area contributed by atoms with Crippen LogP contribution in [0.5, 0.6) is 0 Å². The van der Waals surface area contributed by atoms with Crippen molar-refractivity contribution in [2.75, 3.05) is 26.2 Å². The molecule has 10 heteroatoms. The van der Waals surface area contributed by atoms with E-state index in [2.05, 4.69) is 5.32 Å². The highest BCUT2D eigenvalue weighted by molar-refractivity contribution is 7.10. The maximum atomic E-state index is 14.2. The molecule has 2 aromatic rings. The van der Waals surface area contributed by atoms with Crippen molar-refractivity contribution in [3.05, 3.63) is 57.0 Å². The lowest BCUT2D eigenvalue weighted by atomic mass is 10.0. The summed E-state index contributed by atoms with van der Waals surface area (Å²) in [5.41, 5.74) is -0.786. The first-order valence-corrected chi connectivity index (χ1v) is 7.89. The Morgan fingerprint density at radius 1 is 0.880 bits per heavy atom. The largest absolute Gasteiger partial charge is 0.314 e. The average Bonchev–Trinajstić information content (AvgIpc) is 3.10. The van der Waals surface area contributed by atoms with E-state index in [0.29, 0.717) is 31.1 Å². The highest BCUT2D eigenvalue weighted by Gasteiger charge is 2.35. The summed E-state index contributed by atoms with van der Waals surface area (Å²) in [5, 5.41) is 4.80. The van der Waals surface area contributed by atoms with Crippen LogP contribution >= 0.6 is 36.2 Å². The van der Waals surface area contributed by atoms with Gasteiger partial charge in [0.1, 0.15) is 0 Å². The summed E-state index contributed by atoms with van der Waals surface area (Å²) in [5.74, 6) is -9.48. The molecule has 2 heterocycles. The fourth-order valence-corrected chi connectivity index (χ4v) is 3.62. The van der Waals surface area contributed by atoms with E-state index in [1.165, 1.54) is 11.3 Å². The van der Waals surface area contributed by atoms with Crippen LogP contribution in [-0.2, 0) is 0 Å². The molecular weight excluding hydrogens is 406 g/mol. The van der Waals surface area contributed by atoms with Gasteiger partial charge in [0.2, 0.25) is 5.82 Å². The number of hydrogen-bond donors (Lipinski definition) is 1. The highest BCUT2D eigenvalue weighted by atomic mass is 35.5. The Kier molecular flexibility index (Phi) is 8.08. The molecule has 0 aliphatic carbocycles. The van der Waals surface area contributed by atoms with Crippen molar-refractivity contribution in [1.29, 1.82) is 0 Å². The number of hydrogen-bond acceptors (Lipinski definition) is 3. The van der Waals surface area contributed by atoms with Crippen molar-refractivity contribution in [3.8, 4) is 0 Å². The number of rotatable bonds is 3. The van der Waals surface area contributed by atoms with E-state index in [1.54, 1.807) is 22.4 Å². The standard InChI is InChI=1S/C15H13F5N2S.2ClH/c16-10-9(11(17)13(19)14(20)12(10)18)15(8-2-1-7-23-8)22-5-3-21-4-6-22;;/h1-2,7,15,21H,3-6H2;2*1H/t15-;;/m1../s1. The molecule has 0 unspecified atom stereocenters. The van der Waals surface area contributed by atoms with Crippen LogP contribution in [0, 0.1) is 29.1 Å².